The highest BCUT2D eigenvalue weighted by Gasteiger charge is 2.19. The smallest absolute Gasteiger partial charge is 0.350 e. The van der Waals surface area contributed by atoms with Gasteiger partial charge < -0.3 is 4.74 Å². The third kappa shape index (κ3) is 3.64. The maximum Gasteiger partial charge on any atom is 0.350 e. The summed E-state index contributed by atoms with van der Waals surface area (Å²) in [7, 11) is 0. The lowest BCUT2D eigenvalue weighted by molar-refractivity contribution is 0.0531. The second kappa shape index (κ2) is 7.56. The fourth-order valence-corrected chi connectivity index (χ4v) is 4.99. The Labute approximate surface area is 161 Å². The van der Waals surface area contributed by atoms with Crippen LogP contribution in [0.5, 0.6) is 0 Å². The maximum atomic E-state index is 12.0. The van der Waals surface area contributed by atoms with Crippen molar-refractivity contribution < 1.29 is 9.53 Å². The molecule has 2 heterocycles. The fraction of sp³-hybridized carbons (Fsp3) is 0.350. The summed E-state index contributed by atoms with van der Waals surface area (Å²) >= 11 is 2.90. The summed E-state index contributed by atoms with van der Waals surface area (Å²) in [5.74, 6) is 0.206. The van der Waals surface area contributed by atoms with Crippen LogP contribution in [0.4, 0.5) is 0 Å². The Morgan fingerprint density at radius 1 is 1.31 bits per heavy atom. The lowest BCUT2D eigenvalue weighted by atomic mass is 9.99. The number of ether oxygens (including phenoxy) is 1. The highest BCUT2D eigenvalue weighted by molar-refractivity contribution is 7.26. The van der Waals surface area contributed by atoms with E-state index >= 15 is 0 Å². The van der Waals surface area contributed by atoms with Gasteiger partial charge in [-0.2, -0.15) is 5.26 Å². The van der Waals surface area contributed by atoms with Crippen LogP contribution in [0.1, 0.15) is 47.3 Å². The molecule has 0 saturated carbocycles. The first-order chi connectivity index (χ1) is 12.4. The second-order valence-electron chi connectivity index (χ2n) is 6.54. The zero-order valence-corrected chi connectivity index (χ0v) is 16.9. The average molecular weight is 385 g/mol. The quantitative estimate of drug-likeness (QED) is 0.539. The number of thiophene rings is 1. The minimum Gasteiger partial charge on any atom is -0.462 e. The molecule has 6 heteroatoms. The van der Waals surface area contributed by atoms with Crippen LogP contribution in [-0.2, 0) is 11.2 Å². The molecule has 0 aliphatic rings. The summed E-state index contributed by atoms with van der Waals surface area (Å²) in [6.45, 7) is 8.30. The van der Waals surface area contributed by atoms with Crippen molar-refractivity contribution in [1.29, 1.82) is 5.26 Å². The predicted octanol–water partition coefficient (Wildman–Crippen LogP) is 5.58. The molecule has 26 heavy (non-hydrogen) atoms. The van der Waals surface area contributed by atoms with Crippen LogP contribution in [0.2, 0.25) is 0 Å². The van der Waals surface area contributed by atoms with E-state index in [2.05, 4.69) is 37.0 Å². The van der Waals surface area contributed by atoms with Crippen molar-refractivity contribution in [1.82, 2.24) is 4.98 Å². The number of hydrogen-bond acceptors (Lipinski definition) is 6. The molecule has 0 aliphatic heterocycles. The molecule has 134 valence electrons. The average Bonchev–Trinajstić information content (AvgIpc) is 3.17. The Kier molecular flexibility index (Phi) is 5.40. The molecule has 3 aromatic rings. The Balaban J connectivity index is 2.06. The molecule has 0 atom stereocenters. The molecule has 2 aromatic heterocycles. The van der Waals surface area contributed by atoms with Crippen LogP contribution < -0.4 is 0 Å². The number of aryl methyl sites for hydroxylation is 1. The Morgan fingerprint density at radius 3 is 2.73 bits per heavy atom. The van der Waals surface area contributed by atoms with Gasteiger partial charge >= 0.3 is 5.97 Å². The van der Waals surface area contributed by atoms with Crippen LogP contribution >= 0.6 is 22.7 Å². The van der Waals surface area contributed by atoms with Crippen molar-refractivity contribution in [2.45, 2.75) is 34.1 Å². The first kappa shape index (κ1) is 18.6. The van der Waals surface area contributed by atoms with Gasteiger partial charge in [0.2, 0.25) is 0 Å². The minimum absolute atomic E-state index is 0.327. The molecule has 4 nitrogen and oxygen atoms in total. The molecule has 0 radical (unpaired) electrons. The number of carbonyl (C=O) groups excluding carboxylic acids is 1. The molecule has 0 N–H and O–H groups in total. The maximum absolute atomic E-state index is 12.0. The molecule has 3 rings (SSSR count). The van der Waals surface area contributed by atoms with Crippen molar-refractivity contribution in [2.75, 3.05) is 6.61 Å². The van der Waals surface area contributed by atoms with Crippen LogP contribution in [0.3, 0.4) is 0 Å². The number of esters is 1. The predicted molar refractivity (Wildman–Crippen MR) is 107 cm³/mol. The normalized spacial score (nSPS) is 11.1. The Hall–Kier alpha value is -2.23. The van der Waals surface area contributed by atoms with Gasteiger partial charge in [-0.25, -0.2) is 9.78 Å². The van der Waals surface area contributed by atoms with Crippen molar-refractivity contribution in [3.05, 3.63) is 39.9 Å². The van der Waals surface area contributed by atoms with Gasteiger partial charge in [0.05, 0.1) is 27.4 Å². The molecule has 0 aliphatic carbocycles. The minimum atomic E-state index is -0.327. The lowest BCUT2D eigenvalue weighted by Crippen LogP contribution is -2.03. The number of hydrogen-bond donors (Lipinski definition) is 0. The third-order valence-electron chi connectivity index (χ3n) is 3.91. The number of fused-ring (bicyclic) bond motifs is 1. The van der Waals surface area contributed by atoms with Gasteiger partial charge in [-0.05, 0) is 49.3 Å². The summed E-state index contributed by atoms with van der Waals surface area (Å²) < 4.78 is 6.07. The number of rotatable bonds is 5. The van der Waals surface area contributed by atoms with E-state index in [1.54, 1.807) is 18.3 Å². The van der Waals surface area contributed by atoms with E-state index in [9.17, 15) is 10.1 Å². The number of carbonyl (C=O) groups is 1. The van der Waals surface area contributed by atoms with E-state index in [0.717, 1.165) is 26.4 Å². The molecule has 0 bridgehead atoms. The van der Waals surface area contributed by atoms with E-state index in [4.69, 9.17) is 4.74 Å². The van der Waals surface area contributed by atoms with Gasteiger partial charge in [-0.15, -0.1) is 22.7 Å². The Morgan fingerprint density at radius 2 is 2.08 bits per heavy atom. The molecular formula is C20H20N2O2S2. The van der Waals surface area contributed by atoms with E-state index in [0.29, 0.717) is 28.7 Å². The van der Waals surface area contributed by atoms with Crippen LogP contribution in [0.25, 0.3) is 20.0 Å². The molecule has 0 unspecified atom stereocenters. The number of aromatic nitrogens is 1. The van der Waals surface area contributed by atoms with E-state index < -0.39 is 0 Å². The highest BCUT2D eigenvalue weighted by atomic mass is 32.1. The monoisotopic (exact) mass is 384 g/mol. The standard InChI is InChI=1S/C20H20N2O2S2/c1-5-24-20(23)17-12(4)22-19(26-17)16-9-14-7-13(6-11(2)3)8-15(10-21)18(14)25-16/h7-9,11H,5-6H2,1-4H3. The molecular weight excluding hydrogens is 364 g/mol. The van der Waals surface area contributed by atoms with E-state index in [-0.39, 0.29) is 5.97 Å². The van der Waals surface area contributed by atoms with Crippen LogP contribution in [-0.4, -0.2) is 17.6 Å². The van der Waals surface area contributed by atoms with Gasteiger partial charge in [0.15, 0.2) is 0 Å². The fourth-order valence-electron chi connectivity index (χ4n) is 2.88. The first-order valence-electron chi connectivity index (χ1n) is 8.54. The zero-order valence-electron chi connectivity index (χ0n) is 15.3. The van der Waals surface area contributed by atoms with Crippen molar-refractivity contribution in [3.63, 3.8) is 0 Å². The summed E-state index contributed by atoms with van der Waals surface area (Å²) in [6.07, 6.45) is 0.944. The highest BCUT2D eigenvalue weighted by Crippen LogP contribution is 2.39. The summed E-state index contributed by atoms with van der Waals surface area (Å²) in [5, 5.41) is 11.4. The molecule has 0 fully saturated rings. The van der Waals surface area contributed by atoms with Crippen molar-refractivity contribution in [2.24, 2.45) is 5.92 Å². The largest absolute Gasteiger partial charge is 0.462 e. The van der Waals surface area contributed by atoms with Crippen molar-refractivity contribution >= 4 is 38.7 Å². The van der Waals surface area contributed by atoms with Gasteiger partial charge in [0, 0.05) is 0 Å². The lowest BCUT2D eigenvalue weighted by Gasteiger charge is -2.05. The van der Waals surface area contributed by atoms with Gasteiger partial charge in [0.1, 0.15) is 16.0 Å². The molecule has 0 amide bonds. The van der Waals surface area contributed by atoms with Gasteiger partial charge in [0.25, 0.3) is 0 Å². The molecule has 1 aromatic carbocycles. The summed E-state index contributed by atoms with van der Waals surface area (Å²) in [6, 6.07) is 8.53. The second-order valence-corrected chi connectivity index (χ2v) is 8.59. The number of thiazole rings is 1. The van der Waals surface area contributed by atoms with Gasteiger partial charge in [-0.3, -0.25) is 0 Å². The van der Waals surface area contributed by atoms with Crippen LogP contribution in [0.15, 0.2) is 18.2 Å². The number of nitriles is 1. The topological polar surface area (TPSA) is 63.0 Å². The van der Waals surface area contributed by atoms with E-state index in [1.165, 1.54) is 16.9 Å². The summed E-state index contributed by atoms with van der Waals surface area (Å²) in [5.41, 5.74) is 2.56. The third-order valence-corrected chi connectivity index (χ3v) is 6.40. The van der Waals surface area contributed by atoms with Crippen LogP contribution in [0, 0.1) is 24.2 Å². The van der Waals surface area contributed by atoms with E-state index in [1.807, 2.05) is 13.0 Å². The zero-order chi connectivity index (χ0) is 18.8. The van der Waals surface area contributed by atoms with Crippen molar-refractivity contribution in [3.8, 4) is 16.0 Å². The molecule has 0 saturated heterocycles. The van der Waals surface area contributed by atoms with Gasteiger partial charge in [-0.1, -0.05) is 19.9 Å². The Bertz CT molecular complexity index is 1010. The summed E-state index contributed by atoms with van der Waals surface area (Å²) in [4.78, 5) is 18.1. The number of benzene rings is 1. The SMILES string of the molecule is CCOC(=O)c1sc(-c2cc3cc(CC(C)C)cc(C#N)c3s2)nc1C. The first-order valence-corrected chi connectivity index (χ1v) is 10.2. The molecule has 0 spiro atoms. The number of nitrogens with zero attached hydrogens (tertiary/aromatic N) is 2.